The van der Waals surface area contributed by atoms with E-state index in [1.165, 1.54) is 6.07 Å². The summed E-state index contributed by atoms with van der Waals surface area (Å²) in [5.74, 6) is -0.00559. The van der Waals surface area contributed by atoms with Gasteiger partial charge in [0.25, 0.3) is 5.91 Å². The molecule has 2 aromatic carbocycles. The van der Waals surface area contributed by atoms with E-state index in [1.807, 2.05) is 36.9 Å². The lowest BCUT2D eigenvalue weighted by molar-refractivity contribution is -0.877. The molecule has 1 aliphatic heterocycles. The summed E-state index contributed by atoms with van der Waals surface area (Å²) in [5.41, 5.74) is 2.64. The zero-order chi connectivity index (χ0) is 25.6. The second kappa shape index (κ2) is 10.8. The van der Waals surface area contributed by atoms with Gasteiger partial charge < -0.3 is 29.8 Å². The van der Waals surface area contributed by atoms with Crippen molar-refractivity contribution in [1.29, 1.82) is 0 Å². The Labute approximate surface area is 193 Å². The van der Waals surface area contributed by atoms with Gasteiger partial charge in [-0.25, -0.2) is 0 Å². The predicted octanol–water partition coefficient (Wildman–Crippen LogP) is 2.32. The molecule has 1 saturated heterocycles. The van der Waals surface area contributed by atoms with Crippen LogP contribution in [0.15, 0.2) is 42.5 Å². The quantitative estimate of drug-likeness (QED) is 0.454. The molecule has 0 aliphatic carbocycles. The standard InChI is InChI=1S/C24H33N3O5/c1-18-7-6-8-19(2)24(18)25-23(29)16-27(30)13-11-26(12-14-27)15-20(28)17-32-22-10-5-4-9-21(22)31-3/h4-10,20,28H,11-17H2,1-3H3,(H,25,29)/i3D3. The number of quaternary nitrogens is 1. The Morgan fingerprint density at radius 1 is 1.19 bits per heavy atom. The van der Waals surface area contributed by atoms with E-state index in [9.17, 15) is 15.1 Å². The number of anilines is 1. The number of hydroxylamine groups is 3. The number of rotatable bonds is 9. The van der Waals surface area contributed by atoms with E-state index >= 15 is 0 Å². The van der Waals surface area contributed by atoms with Crippen molar-refractivity contribution in [3.63, 3.8) is 0 Å². The Kier molecular flexibility index (Phi) is 6.74. The number of methoxy groups -OCH3 is 1. The van der Waals surface area contributed by atoms with Gasteiger partial charge in [-0.05, 0) is 37.1 Å². The molecule has 1 aliphatic rings. The van der Waals surface area contributed by atoms with Crippen molar-refractivity contribution in [2.45, 2.75) is 20.0 Å². The van der Waals surface area contributed by atoms with Crippen molar-refractivity contribution in [1.82, 2.24) is 4.90 Å². The molecular weight excluding hydrogens is 410 g/mol. The molecule has 0 saturated carbocycles. The summed E-state index contributed by atoms with van der Waals surface area (Å²) in [7, 11) is -2.61. The number of nitrogens with zero attached hydrogens (tertiary/aromatic N) is 2. The number of benzene rings is 2. The highest BCUT2D eigenvalue weighted by molar-refractivity contribution is 5.93. The summed E-state index contributed by atoms with van der Waals surface area (Å²) in [6, 6.07) is 12.1. The normalized spacial score (nSPS) is 18.7. The number of aryl methyl sites for hydroxylation is 2. The van der Waals surface area contributed by atoms with E-state index in [2.05, 4.69) is 5.32 Å². The summed E-state index contributed by atoms with van der Waals surface area (Å²) in [5, 5.41) is 26.4. The first-order chi connectivity index (χ1) is 16.4. The number of ether oxygens (including phenoxy) is 2. The van der Waals surface area contributed by atoms with Crippen LogP contribution in [0.3, 0.4) is 0 Å². The maximum absolute atomic E-state index is 13.1. The van der Waals surface area contributed by atoms with Crippen LogP contribution in [0.5, 0.6) is 11.5 Å². The first-order valence-electron chi connectivity index (χ1n) is 12.2. The lowest BCUT2D eigenvalue weighted by Crippen LogP contribution is -2.59. The van der Waals surface area contributed by atoms with Crippen molar-refractivity contribution < 1.29 is 28.1 Å². The van der Waals surface area contributed by atoms with Crippen LogP contribution in [0.25, 0.3) is 0 Å². The fourth-order valence-corrected chi connectivity index (χ4v) is 3.85. The third-order valence-corrected chi connectivity index (χ3v) is 5.68. The number of hydrogen-bond donors (Lipinski definition) is 2. The molecule has 2 N–H and O–H groups in total. The molecule has 174 valence electrons. The van der Waals surface area contributed by atoms with Gasteiger partial charge in [-0.3, -0.25) is 9.69 Å². The zero-order valence-corrected chi connectivity index (χ0v) is 18.5. The Bertz CT molecular complexity index is 990. The average molecular weight is 447 g/mol. The molecule has 1 fully saturated rings. The summed E-state index contributed by atoms with van der Waals surface area (Å²) in [4.78, 5) is 14.5. The molecule has 0 radical (unpaired) electrons. The van der Waals surface area contributed by atoms with Crippen LogP contribution in [0, 0.1) is 19.1 Å². The van der Waals surface area contributed by atoms with Crippen LogP contribution >= 0.6 is 0 Å². The summed E-state index contributed by atoms with van der Waals surface area (Å²) in [6.07, 6.45) is -0.852. The summed E-state index contributed by atoms with van der Waals surface area (Å²) in [6.45, 7) is 5.25. The molecule has 0 aromatic heterocycles. The molecule has 1 atom stereocenters. The van der Waals surface area contributed by atoms with Gasteiger partial charge in [0.1, 0.15) is 12.7 Å². The number of carbonyl (C=O) groups excluding carboxylic acids is 1. The summed E-state index contributed by atoms with van der Waals surface area (Å²) >= 11 is 0. The van der Waals surface area contributed by atoms with Gasteiger partial charge in [0.2, 0.25) is 0 Å². The van der Waals surface area contributed by atoms with E-state index in [-0.39, 0.29) is 50.2 Å². The fraction of sp³-hybridized carbons (Fsp3) is 0.458. The lowest BCUT2D eigenvalue weighted by atomic mass is 10.1. The fourth-order valence-electron chi connectivity index (χ4n) is 3.85. The van der Waals surface area contributed by atoms with Gasteiger partial charge in [0, 0.05) is 25.3 Å². The SMILES string of the molecule is [2H]C([2H])([2H])Oc1ccccc1OCC(O)CN1CC[N+]([O-])(CC(=O)Nc2c(C)cccc2C)CC1. The van der Waals surface area contributed by atoms with Crippen molar-refractivity contribution in [3.05, 3.63) is 58.8 Å². The third-order valence-electron chi connectivity index (χ3n) is 5.68. The van der Waals surface area contributed by atoms with Crippen molar-refractivity contribution >= 4 is 11.6 Å². The van der Waals surface area contributed by atoms with Crippen LogP contribution in [-0.2, 0) is 4.79 Å². The largest absolute Gasteiger partial charge is 0.632 e. The number of β-amino-alcohol motifs (C(OH)–C–C–N with tert-alkyl or cyclic N) is 1. The van der Waals surface area contributed by atoms with Gasteiger partial charge >= 0.3 is 0 Å². The molecule has 8 nitrogen and oxygen atoms in total. The van der Waals surface area contributed by atoms with Crippen LogP contribution < -0.4 is 14.8 Å². The molecule has 1 heterocycles. The van der Waals surface area contributed by atoms with Crippen LogP contribution in [-0.4, -0.2) is 79.6 Å². The van der Waals surface area contributed by atoms with E-state index in [0.29, 0.717) is 13.1 Å². The third kappa shape index (κ3) is 6.43. The summed E-state index contributed by atoms with van der Waals surface area (Å²) < 4.78 is 31.7. The predicted molar refractivity (Wildman–Crippen MR) is 124 cm³/mol. The number of hydrogen-bond acceptors (Lipinski definition) is 6. The van der Waals surface area contributed by atoms with Crippen LogP contribution in [0.2, 0.25) is 0 Å². The Balaban J connectivity index is 1.45. The van der Waals surface area contributed by atoms with Gasteiger partial charge in [-0.15, -0.1) is 0 Å². The smallest absolute Gasteiger partial charge is 0.279 e. The number of nitrogens with one attached hydrogen (secondary N) is 1. The van der Waals surface area contributed by atoms with Crippen molar-refractivity contribution in [2.75, 3.05) is 58.2 Å². The van der Waals surface area contributed by atoms with Crippen molar-refractivity contribution in [3.8, 4) is 11.5 Å². The van der Waals surface area contributed by atoms with E-state index in [4.69, 9.17) is 13.6 Å². The van der Waals surface area contributed by atoms with Gasteiger partial charge in [-0.2, -0.15) is 0 Å². The molecule has 3 rings (SSSR count). The van der Waals surface area contributed by atoms with E-state index in [0.717, 1.165) is 16.8 Å². The highest BCUT2D eigenvalue weighted by atomic mass is 16.5. The topological polar surface area (TPSA) is 94.1 Å². The number of piperazine rings is 1. The second-order valence-corrected chi connectivity index (χ2v) is 8.29. The highest BCUT2D eigenvalue weighted by Gasteiger charge is 2.29. The molecule has 0 spiro atoms. The van der Waals surface area contributed by atoms with E-state index in [1.54, 1.807) is 18.2 Å². The molecule has 1 unspecified atom stereocenters. The minimum atomic E-state index is -2.61. The molecule has 0 bridgehead atoms. The number of aliphatic hydroxyl groups excluding tert-OH is 1. The maximum Gasteiger partial charge on any atom is 0.279 e. The number of amides is 1. The average Bonchev–Trinajstić information content (AvgIpc) is 2.76. The number of aliphatic hydroxyl groups is 1. The molecule has 1 amide bonds. The highest BCUT2D eigenvalue weighted by Crippen LogP contribution is 2.26. The second-order valence-electron chi connectivity index (χ2n) is 8.29. The molecule has 2 aromatic rings. The van der Waals surface area contributed by atoms with Crippen LogP contribution in [0.1, 0.15) is 15.2 Å². The molecular formula is C24H33N3O5. The lowest BCUT2D eigenvalue weighted by Gasteiger charge is -2.47. The first kappa shape index (κ1) is 20.0. The number of para-hydroxylation sites is 3. The Hall–Kier alpha value is -2.65. The zero-order valence-electron chi connectivity index (χ0n) is 21.5. The van der Waals surface area contributed by atoms with Crippen LogP contribution in [0.4, 0.5) is 5.69 Å². The Morgan fingerprint density at radius 2 is 1.84 bits per heavy atom. The Morgan fingerprint density at radius 3 is 2.50 bits per heavy atom. The maximum atomic E-state index is 13.1. The minimum absolute atomic E-state index is 0.0621. The van der Waals surface area contributed by atoms with E-state index < -0.39 is 17.8 Å². The first-order valence-corrected chi connectivity index (χ1v) is 10.7. The monoisotopic (exact) mass is 446 g/mol. The minimum Gasteiger partial charge on any atom is -0.632 e. The van der Waals surface area contributed by atoms with Gasteiger partial charge in [0.05, 0.1) is 24.2 Å². The van der Waals surface area contributed by atoms with Gasteiger partial charge in [0.15, 0.2) is 18.0 Å². The molecule has 8 heteroatoms. The van der Waals surface area contributed by atoms with Crippen molar-refractivity contribution in [2.24, 2.45) is 0 Å². The molecule has 32 heavy (non-hydrogen) atoms. The van der Waals surface area contributed by atoms with Gasteiger partial charge in [-0.1, -0.05) is 30.3 Å². The number of carbonyl (C=O) groups is 1.